The summed E-state index contributed by atoms with van der Waals surface area (Å²) >= 11 is 2.70. The Morgan fingerprint density at radius 3 is 1.83 bits per heavy atom. The van der Waals surface area contributed by atoms with Gasteiger partial charge in [-0.15, -0.1) is 0 Å². The molecule has 1 atom stereocenters. The predicted octanol–water partition coefficient (Wildman–Crippen LogP) is 6.61. The maximum Gasteiger partial charge on any atom is -0.0121 e. The van der Waals surface area contributed by atoms with Gasteiger partial charge in [-0.1, -0.05) is 54.6 Å². The van der Waals surface area contributed by atoms with Crippen LogP contribution in [0.25, 0.3) is 0 Å². The summed E-state index contributed by atoms with van der Waals surface area (Å²) in [7, 11) is 0. The Hall–Kier alpha value is 1.16. The van der Waals surface area contributed by atoms with Crippen molar-refractivity contribution in [2.75, 3.05) is 6.66 Å². The quantitative estimate of drug-likeness (QED) is 0.380. The zero-order chi connectivity index (χ0) is 13.0. The molecule has 0 nitrogen and oxygen atoms in total. The average Bonchev–Trinajstić information content (AvgIpc) is 2.40. The minimum Gasteiger partial charge on any atom is -0.0654 e. The maximum atomic E-state index is 2.70. The van der Waals surface area contributed by atoms with E-state index in [0.29, 0.717) is 5.56 Å². The van der Waals surface area contributed by atoms with Crippen molar-refractivity contribution in [1.82, 2.24) is 0 Å². The van der Waals surface area contributed by atoms with Gasteiger partial charge >= 0.3 is 0 Å². The lowest BCUT2D eigenvalue weighted by atomic mass is 9.70. The van der Waals surface area contributed by atoms with Crippen molar-refractivity contribution in [2.45, 2.75) is 76.8 Å². The molecule has 2 fully saturated rings. The first-order valence-corrected chi connectivity index (χ1v) is 12.7. The fourth-order valence-electron chi connectivity index (χ4n) is 4.29. The summed E-state index contributed by atoms with van der Waals surface area (Å²) in [5.41, 5.74) is 1.39. The van der Waals surface area contributed by atoms with Crippen molar-refractivity contribution in [3.05, 3.63) is 0 Å². The van der Waals surface area contributed by atoms with Crippen LogP contribution in [0.15, 0.2) is 0 Å². The highest BCUT2D eigenvalue weighted by Gasteiger charge is 2.31. The Labute approximate surface area is 128 Å². The Morgan fingerprint density at radius 2 is 1.39 bits per heavy atom. The molecule has 0 bridgehead atoms. The molecule has 0 spiro atoms. The highest BCUT2D eigenvalue weighted by Crippen LogP contribution is 2.53. The predicted molar refractivity (Wildman–Crippen MR) is 93.0 cm³/mol. The van der Waals surface area contributed by atoms with Crippen molar-refractivity contribution in [3.63, 3.8) is 0 Å². The van der Waals surface area contributed by atoms with Crippen molar-refractivity contribution in [2.24, 2.45) is 17.8 Å². The van der Waals surface area contributed by atoms with Gasteiger partial charge in [-0.05, 0) is 74.2 Å². The summed E-state index contributed by atoms with van der Waals surface area (Å²) in [5.74, 6) is 3.30. The van der Waals surface area contributed by atoms with E-state index < -0.39 is 0 Å². The summed E-state index contributed by atoms with van der Waals surface area (Å²) in [6.07, 6.45) is 15.3. The van der Waals surface area contributed by atoms with Crippen LogP contribution in [0.1, 0.15) is 71.1 Å². The summed E-state index contributed by atoms with van der Waals surface area (Å²) in [6, 6.07) is 0. The Morgan fingerprint density at radius 1 is 0.889 bits per heavy atom. The van der Waals surface area contributed by atoms with Crippen LogP contribution in [0.2, 0.25) is 0 Å². The van der Waals surface area contributed by atoms with Gasteiger partial charge in [0.2, 0.25) is 0 Å². The Kier molecular flexibility index (Phi) is 6.75. The number of hydrogen-bond acceptors (Lipinski definition) is 0. The number of halogens is 1. The molecule has 2 aliphatic rings. The molecule has 0 heterocycles. The van der Waals surface area contributed by atoms with Crippen LogP contribution < -0.4 is 0 Å². The molecule has 2 heteroatoms. The molecule has 0 aromatic carbocycles. The lowest BCUT2D eigenvalue weighted by Gasteiger charge is -2.38. The molecule has 2 rings (SSSR count). The van der Waals surface area contributed by atoms with Gasteiger partial charge in [-0.25, -0.2) is 0 Å². The standard InChI is InChI=1S/C16H30IP/c1-3-4-13-5-7-14(8-6-13)15-9-11-16(12-10-15)18(2)17/h13-16H,3-12H2,1-2H3. The van der Waals surface area contributed by atoms with Gasteiger partial charge in [-0.2, -0.15) is 0 Å². The normalized spacial score (nSPS) is 39.5. The first-order chi connectivity index (χ1) is 8.70. The van der Waals surface area contributed by atoms with Gasteiger partial charge in [0, 0.05) is 0 Å². The van der Waals surface area contributed by atoms with Gasteiger partial charge in [0.1, 0.15) is 0 Å². The third-order valence-electron chi connectivity index (χ3n) is 5.50. The van der Waals surface area contributed by atoms with E-state index in [1.54, 1.807) is 51.4 Å². The van der Waals surface area contributed by atoms with E-state index >= 15 is 0 Å². The molecular weight excluding hydrogens is 350 g/mol. The van der Waals surface area contributed by atoms with E-state index in [1.807, 2.05) is 0 Å². The lowest BCUT2D eigenvalue weighted by Crippen LogP contribution is -2.26. The fraction of sp³-hybridized carbons (Fsp3) is 1.00. The van der Waals surface area contributed by atoms with Gasteiger partial charge in [0.05, 0.1) is 0 Å². The monoisotopic (exact) mass is 380 g/mol. The topological polar surface area (TPSA) is 0 Å². The van der Waals surface area contributed by atoms with E-state index in [1.165, 1.54) is 12.8 Å². The van der Waals surface area contributed by atoms with E-state index in [4.69, 9.17) is 0 Å². The molecule has 1 unspecified atom stereocenters. The van der Waals surface area contributed by atoms with Crippen LogP contribution in [-0.4, -0.2) is 12.3 Å². The fourth-order valence-corrected chi connectivity index (χ4v) is 6.97. The SMILES string of the molecule is CCCC1CCC(C2CCC(P(C)I)CC2)CC1. The number of hydrogen-bond donors (Lipinski definition) is 0. The second-order valence-electron chi connectivity index (χ2n) is 6.66. The summed E-state index contributed by atoms with van der Waals surface area (Å²) < 4.78 is 0. The zero-order valence-corrected chi connectivity index (χ0v) is 15.3. The molecule has 2 saturated carbocycles. The minimum absolute atomic E-state index is 0.303. The van der Waals surface area contributed by atoms with Gasteiger partial charge in [-0.3, -0.25) is 0 Å². The van der Waals surface area contributed by atoms with Gasteiger partial charge in [0.15, 0.2) is 0 Å². The second-order valence-corrected chi connectivity index (χ2v) is 13.0. The molecule has 106 valence electrons. The van der Waals surface area contributed by atoms with Crippen molar-refractivity contribution >= 4 is 27.6 Å². The second kappa shape index (κ2) is 7.81. The highest BCUT2D eigenvalue weighted by molar-refractivity contribution is 14.2. The smallest absolute Gasteiger partial charge is 0.0121 e. The first kappa shape index (κ1) is 15.5. The van der Waals surface area contributed by atoms with Crippen molar-refractivity contribution in [1.29, 1.82) is 0 Å². The van der Waals surface area contributed by atoms with Crippen LogP contribution in [0, 0.1) is 17.8 Å². The minimum atomic E-state index is 0.303. The van der Waals surface area contributed by atoms with E-state index in [9.17, 15) is 0 Å². The van der Waals surface area contributed by atoms with Crippen molar-refractivity contribution < 1.29 is 0 Å². The highest BCUT2D eigenvalue weighted by atomic mass is 127. The van der Waals surface area contributed by atoms with Crippen LogP contribution >= 0.6 is 27.6 Å². The van der Waals surface area contributed by atoms with E-state index in [0.717, 1.165) is 23.4 Å². The average molecular weight is 380 g/mol. The Balaban J connectivity index is 1.71. The summed E-state index contributed by atoms with van der Waals surface area (Å²) in [4.78, 5) is 0. The number of rotatable bonds is 4. The molecule has 0 N–H and O–H groups in total. The Bertz CT molecular complexity index is 225. The van der Waals surface area contributed by atoms with Crippen LogP contribution in [0.3, 0.4) is 0 Å². The molecule has 0 amide bonds. The molecule has 0 aromatic heterocycles. The summed E-state index contributed by atoms with van der Waals surface area (Å²) in [5, 5.41) is 0. The maximum absolute atomic E-state index is 2.70. The van der Waals surface area contributed by atoms with Crippen LogP contribution in [0.4, 0.5) is 0 Å². The van der Waals surface area contributed by atoms with Crippen molar-refractivity contribution in [3.8, 4) is 0 Å². The molecular formula is C16H30IP. The van der Waals surface area contributed by atoms with Crippen LogP contribution in [-0.2, 0) is 0 Å². The largest absolute Gasteiger partial charge is 0.0654 e. The molecule has 2 aliphatic carbocycles. The molecule has 0 saturated heterocycles. The van der Waals surface area contributed by atoms with Gasteiger partial charge < -0.3 is 0 Å². The van der Waals surface area contributed by atoms with Gasteiger partial charge in [0.25, 0.3) is 0 Å². The summed E-state index contributed by atoms with van der Waals surface area (Å²) in [6.45, 7) is 4.82. The zero-order valence-electron chi connectivity index (χ0n) is 12.2. The lowest BCUT2D eigenvalue weighted by molar-refractivity contribution is 0.164. The van der Waals surface area contributed by atoms with E-state index in [-0.39, 0.29) is 0 Å². The third kappa shape index (κ3) is 4.33. The van der Waals surface area contributed by atoms with E-state index in [2.05, 4.69) is 35.6 Å². The molecule has 0 aliphatic heterocycles. The van der Waals surface area contributed by atoms with Crippen LogP contribution in [0.5, 0.6) is 0 Å². The molecule has 18 heavy (non-hydrogen) atoms. The third-order valence-corrected chi connectivity index (χ3v) is 9.39. The molecule has 0 radical (unpaired) electrons. The first-order valence-electron chi connectivity index (χ1n) is 8.09. The molecule has 0 aromatic rings.